The fourth-order valence-electron chi connectivity index (χ4n) is 2.44. The Bertz CT molecular complexity index is 361. The Labute approximate surface area is 123 Å². The zero-order valence-electron chi connectivity index (χ0n) is 13.0. The molecule has 0 aromatic carbocycles. The molecule has 0 aromatic rings. The average molecular weight is 307 g/mol. The van der Waals surface area contributed by atoms with Gasteiger partial charge in [-0.3, -0.25) is 0 Å². The molecule has 0 amide bonds. The highest BCUT2D eigenvalue weighted by molar-refractivity contribution is 7.91. The zero-order valence-corrected chi connectivity index (χ0v) is 13.8. The molecule has 20 heavy (non-hydrogen) atoms. The van der Waals surface area contributed by atoms with Crippen LogP contribution in [0.25, 0.3) is 0 Å². The molecule has 1 saturated heterocycles. The van der Waals surface area contributed by atoms with Crippen LogP contribution in [0.5, 0.6) is 0 Å². The second-order valence-electron chi connectivity index (χ2n) is 5.95. The third kappa shape index (κ3) is 5.68. The van der Waals surface area contributed by atoms with E-state index in [1.54, 1.807) is 21.0 Å². The maximum absolute atomic E-state index is 12.0. The minimum atomic E-state index is -2.96. The van der Waals surface area contributed by atoms with E-state index in [0.29, 0.717) is 6.61 Å². The molecule has 0 atom stereocenters. The Morgan fingerprint density at radius 2 is 1.95 bits per heavy atom. The molecule has 1 heterocycles. The number of hydrogen-bond donors (Lipinski definition) is 1. The maximum atomic E-state index is 12.0. The molecule has 1 rings (SSSR count). The molecule has 0 radical (unpaired) electrons. The monoisotopic (exact) mass is 307 g/mol. The van der Waals surface area contributed by atoms with Crippen LogP contribution < -0.4 is 5.32 Å². The predicted octanol–water partition coefficient (Wildman–Crippen LogP) is 1.23. The van der Waals surface area contributed by atoms with Crippen LogP contribution in [0.4, 0.5) is 0 Å². The van der Waals surface area contributed by atoms with Gasteiger partial charge in [0.15, 0.2) is 9.84 Å². The Balaban J connectivity index is 2.55. The smallest absolute Gasteiger partial charge is 0.152 e. The van der Waals surface area contributed by atoms with Gasteiger partial charge < -0.3 is 14.8 Å². The van der Waals surface area contributed by atoms with Crippen LogP contribution in [0.3, 0.4) is 0 Å². The molecular weight excluding hydrogens is 278 g/mol. The fraction of sp³-hybridized carbons (Fsp3) is 1.00. The van der Waals surface area contributed by atoms with Crippen molar-refractivity contribution >= 4 is 9.84 Å². The van der Waals surface area contributed by atoms with Crippen LogP contribution >= 0.6 is 0 Å². The lowest BCUT2D eigenvalue weighted by Crippen LogP contribution is -2.41. The van der Waals surface area contributed by atoms with Crippen molar-refractivity contribution in [3.8, 4) is 0 Å². The summed E-state index contributed by atoms with van der Waals surface area (Å²) in [6, 6.07) is 0. The van der Waals surface area contributed by atoms with E-state index in [-0.39, 0.29) is 16.4 Å². The summed E-state index contributed by atoms with van der Waals surface area (Å²) in [7, 11) is -1.28. The highest BCUT2D eigenvalue weighted by atomic mass is 32.2. The Morgan fingerprint density at radius 3 is 2.50 bits per heavy atom. The summed E-state index contributed by atoms with van der Waals surface area (Å²) >= 11 is 0. The summed E-state index contributed by atoms with van der Waals surface area (Å²) in [6.07, 6.45) is 2.58. The molecule has 0 unspecified atom stereocenters. The van der Waals surface area contributed by atoms with E-state index in [1.165, 1.54) is 0 Å². The maximum Gasteiger partial charge on any atom is 0.152 e. The van der Waals surface area contributed by atoms with E-state index in [0.717, 1.165) is 45.6 Å². The highest BCUT2D eigenvalue weighted by Crippen LogP contribution is 2.34. The summed E-state index contributed by atoms with van der Waals surface area (Å²) in [5, 5.41) is 3.10. The van der Waals surface area contributed by atoms with E-state index >= 15 is 0 Å². The normalized spacial score (nSPS) is 19.4. The Morgan fingerprint density at radius 1 is 1.30 bits per heavy atom. The number of hydrogen-bond acceptors (Lipinski definition) is 5. The van der Waals surface area contributed by atoms with Crippen LogP contribution in [0.15, 0.2) is 0 Å². The molecule has 1 aliphatic rings. The van der Waals surface area contributed by atoms with Crippen molar-refractivity contribution in [2.24, 2.45) is 5.41 Å². The number of methoxy groups -OCH3 is 1. The van der Waals surface area contributed by atoms with Crippen molar-refractivity contribution in [3.63, 3.8) is 0 Å². The average Bonchev–Trinajstić information content (AvgIpc) is 2.43. The topological polar surface area (TPSA) is 64.6 Å². The van der Waals surface area contributed by atoms with Gasteiger partial charge in [0.1, 0.15) is 0 Å². The number of ether oxygens (including phenoxy) is 2. The highest BCUT2D eigenvalue weighted by Gasteiger charge is 2.34. The number of sulfone groups is 1. The largest absolute Gasteiger partial charge is 0.383 e. The Kier molecular flexibility index (Phi) is 7.43. The molecule has 0 aromatic heterocycles. The van der Waals surface area contributed by atoms with Crippen molar-refractivity contribution in [1.82, 2.24) is 5.32 Å². The van der Waals surface area contributed by atoms with Crippen LogP contribution in [0.1, 0.15) is 33.1 Å². The van der Waals surface area contributed by atoms with Crippen molar-refractivity contribution in [2.45, 2.75) is 38.4 Å². The van der Waals surface area contributed by atoms with Crippen LogP contribution in [-0.2, 0) is 19.3 Å². The van der Waals surface area contributed by atoms with E-state index in [9.17, 15) is 8.42 Å². The third-order valence-electron chi connectivity index (χ3n) is 4.17. The molecule has 0 saturated carbocycles. The first-order valence-corrected chi connectivity index (χ1v) is 9.12. The summed E-state index contributed by atoms with van der Waals surface area (Å²) in [5.74, 6) is 0.274. The summed E-state index contributed by atoms with van der Waals surface area (Å²) in [6.45, 7) is 7.28. The first-order chi connectivity index (χ1) is 9.42. The van der Waals surface area contributed by atoms with Gasteiger partial charge in [-0.1, -0.05) is 0 Å². The second kappa shape index (κ2) is 8.32. The van der Waals surface area contributed by atoms with Crippen LogP contribution in [0.2, 0.25) is 0 Å². The van der Waals surface area contributed by atoms with E-state index in [2.05, 4.69) is 5.32 Å². The van der Waals surface area contributed by atoms with Crippen molar-refractivity contribution in [1.29, 1.82) is 0 Å². The number of nitrogens with one attached hydrogen (secondary N) is 1. The molecular formula is C14H29NO4S. The third-order valence-corrected chi connectivity index (χ3v) is 6.38. The van der Waals surface area contributed by atoms with Crippen molar-refractivity contribution in [3.05, 3.63) is 0 Å². The SMILES string of the molecule is COCCNCC1(CCS(=O)(=O)C(C)C)CCOCC1. The molecule has 5 nitrogen and oxygen atoms in total. The van der Waals surface area contributed by atoms with E-state index < -0.39 is 9.84 Å². The molecule has 0 bridgehead atoms. The van der Waals surface area contributed by atoms with Crippen LogP contribution in [0, 0.1) is 5.41 Å². The lowest BCUT2D eigenvalue weighted by atomic mass is 9.78. The van der Waals surface area contributed by atoms with Crippen LogP contribution in [-0.4, -0.2) is 59.4 Å². The quantitative estimate of drug-likeness (QED) is 0.649. The minimum absolute atomic E-state index is 0.0496. The van der Waals surface area contributed by atoms with E-state index in [1.807, 2.05) is 0 Å². The summed E-state index contributed by atoms with van der Waals surface area (Å²) in [4.78, 5) is 0. The van der Waals surface area contributed by atoms with Gasteiger partial charge in [-0.25, -0.2) is 8.42 Å². The molecule has 6 heteroatoms. The lowest BCUT2D eigenvalue weighted by Gasteiger charge is -2.37. The van der Waals surface area contributed by atoms with Crippen molar-refractivity contribution in [2.75, 3.05) is 45.8 Å². The molecule has 1 aliphatic heterocycles. The van der Waals surface area contributed by atoms with E-state index in [4.69, 9.17) is 9.47 Å². The molecule has 0 spiro atoms. The first-order valence-electron chi connectivity index (χ1n) is 7.41. The Hall–Kier alpha value is -0.170. The van der Waals surface area contributed by atoms with Gasteiger partial charge in [-0.15, -0.1) is 0 Å². The zero-order chi connectivity index (χ0) is 15.1. The standard InChI is InChI=1S/C14H29NO4S/c1-13(2)20(16,17)11-6-14(4-8-19-9-5-14)12-15-7-10-18-3/h13,15H,4-12H2,1-3H3. The summed E-state index contributed by atoms with van der Waals surface area (Å²) in [5.41, 5.74) is 0.0496. The van der Waals surface area contributed by atoms with Gasteiger partial charge in [-0.05, 0) is 38.5 Å². The summed E-state index contributed by atoms with van der Waals surface area (Å²) < 4.78 is 34.5. The molecule has 0 aliphatic carbocycles. The van der Waals surface area contributed by atoms with Gasteiger partial charge in [0.2, 0.25) is 0 Å². The molecule has 120 valence electrons. The van der Waals surface area contributed by atoms with Gasteiger partial charge >= 0.3 is 0 Å². The molecule has 1 N–H and O–H groups in total. The lowest BCUT2D eigenvalue weighted by molar-refractivity contribution is 0.0126. The number of rotatable bonds is 9. The second-order valence-corrected chi connectivity index (χ2v) is 8.62. The van der Waals surface area contributed by atoms with Gasteiger partial charge in [0.25, 0.3) is 0 Å². The van der Waals surface area contributed by atoms with Gasteiger partial charge in [0, 0.05) is 33.4 Å². The molecule has 1 fully saturated rings. The van der Waals surface area contributed by atoms with Gasteiger partial charge in [0.05, 0.1) is 17.6 Å². The van der Waals surface area contributed by atoms with Gasteiger partial charge in [-0.2, -0.15) is 0 Å². The minimum Gasteiger partial charge on any atom is -0.383 e. The predicted molar refractivity (Wildman–Crippen MR) is 80.8 cm³/mol. The van der Waals surface area contributed by atoms with Crippen molar-refractivity contribution < 1.29 is 17.9 Å². The first kappa shape index (κ1) is 17.9. The fourth-order valence-corrected chi connectivity index (χ4v) is 3.63.